The number of nitrogens with one attached hydrogen (secondary N) is 2. The van der Waals surface area contributed by atoms with Gasteiger partial charge in [0.1, 0.15) is 4.21 Å². The van der Waals surface area contributed by atoms with Crippen molar-refractivity contribution in [2.75, 3.05) is 36.3 Å². The van der Waals surface area contributed by atoms with Gasteiger partial charge in [0.15, 0.2) is 0 Å². The molecule has 3 aromatic rings. The first-order chi connectivity index (χ1) is 15.8. The summed E-state index contributed by atoms with van der Waals surface area (Å²) < 4.78 is 33.6. The molecule has 1 fully saturated rings. The van der Waals surface area contributed by atoms with Crippen molar-refractivity contribution in [1.82, 2.24) is 4.90 Å². The Morgan fingerprint density at radius 1 is 1.03 bits per heavy atom. The van der Waals surface area contributed by atoms with Crippen molar-refractivity contribution >= 4 is 61.8 Å². The average Bonchev–Trinajstić information content (AvgIpc) is 3.24. The molecular formula is C22H21Cl2N3O4S2. The predicted molar refractivity (Wildman–Crippen MR) is 132 cm³/mol. The summed E-state index contributed by atoms with van der Waals surface area (Å²) in [6.07, 6.45) is 0. The molecule has 2 aromatic carbocycles. The molecule has 2 N–H and O–H groups in total. The fourth-order valence-electron chi connectivity index (χ4n) is 3.34. The molecule has 2 heterocycles. The fraction of sp³-hybridized carbons (Fsp3) is 0.227. The van der Waals surface area contributed by atoms with Crippen molar-refractivity contribution in [3.63, 3.8) is 0 Å². The quantitative estimate of drug-likeness (QED) is 0.456. The van der Waals surface area contributed by atoms with Crippen LogP contribution in [0.2, 0.25) is 9.36 Å². The Morgan fingerprint density at radius 2 is 1.76 bits per heavy atom. The summed E-state index contributed by atoms with van der Waals surface area (Å²) >= 11 is 12.9. The smallest absolute Gasteiger partial charge is 0.271 e. The third-order valence-corrected chi connectivity index (χ3v) is 8.33. The Labute approximate surface area is 206 Å². The highest BCUT2D eigenvalue weighted by molar-refractivity contribution is 7.94. The van der Waals surface area contributed by atoms with Crippen LogP contribution >= 0.6 is 34.5 Å². The molecule has 1 amide bonds. The maximum absolute atomic E-state index is 13.0. The van der Waals surface area contributed by atoms with Crippen molar-refractivity contribution in [3.8, 4) is 0 Å². The van der Waals surface area contributed by atoms with E-state index in [4.69, 9.17) is 27.9 Å². The second kappa shape index (κ2) is 10.4. The first kappa shape index (κ1) is 24.0. The van der Waals surface area contributed by atoms with Crippen LogP contribution in [0.25, 0.3) is 0 Å². The molecule has 0 spiro atoms. The maximum atomic E-state index is 13.0. The zero-order chi connectivity index (χ0) is 23.4. The molecule has 33 heavy (non-hydrogen) atoms. The molecule has 174 valence electrons. The number of rotatable bonds is 7. The van der Waals surface area contributed by atoms with Crippen molar-refractivity contribution in [2.45, 2.75) is 10.8 Å². The molecule has 0 atom stereocenters. The van der Waals surface area contributed by atoms with Crippen LogP contribution in [-0.4, -0.2) is 45.5 Å². The van der Waals surface area contributed by atoms with Crippen molar-refractivity contribution < 1.29 is 17.9 Å². The molecule has 1 aliphatic heterocycles. The molecule has 1 saturated heterocycles. The Balaban J connectivity index is 1.48. The van der Waals surface area contributed by atoms with Gasteiger partial charge in [-0.05, 0) is 48.0 Å². The standard InChI is InChI=1S/C22H21Cl2N3O4S2/c23-16-3-6-19(26-33(29,30)21-8-7-20(24)32-21)18(13-16)22(28)25-17-4-1-15(2-5-17)14-27-9-11-31-12-10-27/h1-8,13,26H,9-12,14H2,(H,25,28). The lowest BCUT2D eigenvalue weighted by Gasteiger charge is -2.26. The Hall–Kier alpha value is -2.14. The summed E-state index contributed by atoms with van der Waals surface area (Å²) in [5.74, 6) is -0.486. The summed E-state index contributed by atoms with van der Waals surface area (Å²) in [5, 5.41) is 3.11. The molecule has 0 aliphatic carbocycles. The highest BCUT2D eigenvalue weighted by Gasteiger charge is 2.21. The third kappa shape index (κ3) is 6.26. The number of halogens is 2. The molecule has 4 rings (SSSR count). The van der Waals surface area contributed by atoms with E-state index in [9.17, 15) is 13.2 Å². The van der Waals surface area contributed by atoms with E-state index in [1.54, 1.807) is 0 Å². The normalized spacial score (nSPS) is 14.7. The lowest BCUT2D eigenvalue weighted by molar-refractivity contribution is 0.0342. The second-order valence-electron chi connectivity index (χ2n) is 7.39. The summed E-state index contributed by atoms with van der Waals surface area (Å²) in [4.78, 5) is 15.3. The third-order valence-electron chi connectivity index (χ3n) is 5.01. The average molecular weight is 526 g/mol. The number of hydrogen-bond acceptors (Lipinski definition) is 6. The van der Waals surface area contributed by atoms with Gasteiger partial charge in [-0.15, -0.1) is 11.3 Å². The number of benzene rings is 2. The lowest BCUT2D eigenvalue weighted by Crippen LogP contribution is -2.35. The van der Waals surface area contributed by atoms with Crippen molar-refractivity contribution in [3.05, 3.63) is 75.1 Å². The van der Waals surface area contributed by atoms with E-state index in [2.05, 4.69) is 14.9 Å². The molecule has 0 bridgehead atoms. The van der Waals surface area contributed by atoms with Gasteiger partial charge in [-0.2, -0.15) is 0 Å². The molecule has 7 nitrogen and oxygen atoms in total. The van der Waals surface area contributed by atoms with Crippen LogP contribution in [0.3, 0.4) is 0 Å². The number of carbonyl (C=O) groups excluding carboxylic acids is 1. The SMILES string of the molecule is O=C(Nc1ccc(CN2CCOCC2)cc1)c1cc(Cl)ccc1NS(=O)(=O)c1ccc(Cl)s1. The van der Waals surface area contributed by atoms with Crippen LogP contribution < -0.4 is 10.0 Å². The van der Waals surface area contributed by atoms with Crippen LogP contribution in [-0.2, 0) is 21.3 Å². The van der Waals surface area contributed by atoms with Crippen molar-refractivity contribution in [1.29, 1.82) is 0 Å². The molecule has 11 heteroatoms. The molecule has 1 aromatic heterocycles. The van der Waals surface area contributed by atoms with Gasteiger partial charge >= 0.3 is 0 Å². The van der Waals surface area contributed by atoms with Gasteiger partial charge in [-0.25, -0.2) is 8.42 Å². The van der Waals surface area contributed by atoms with E-state index < -0.39 is 15.9 Å². The number of amides is 1. The van der Waals surface area contributed by atoms with E-state index in [0.717, 1.165) is 49.7 Å². The van der Waals surface area contributed by atoms with Crippen LogP contribution in [0.15, 0.2) is 58.8 Å². The minimum Gasteiger partial charge on any atom is -0.379 e. The van der Waals surface area contributed by atoms with Crippen LogP contribution in [0.1, 0.15) is 15.9 Å². The number of nitrogens with zero attached hydrogens (tertiary/aromatic N) is 1. The molecule has 0 radical (unpaired) electrons. The summed E-state index contributed by atoms with van der Waals surface area (Å²) in [6.45, 7) is 4.07. The molecular weight excluding hydrogens is 505 g/mol. The predicted octanol–water partition coefficient (Wildman–Crippen LogP) is 4.94. The number of ether oxygens (including phenoxy) is 1. The largest absolute Gasteiger partial charge is 0.379 e. The van der Waals surface area contributed by atoms with Crippen LogP contribution in [0.5, 0.6) is 0 Å². The second-order valence-corrected chi connectivity index (χ2v) is 11.5. The Morgan fingerprint density at radius 3 is 2.42 bits per heavy atom. The summed E-state index contributed by atoms with van der Waals surface area (Å²) in [6, 6.07) is 14.8. The number of morpholine rings is 1. The number of anilines is 2. The maximum Gasteiger partial charge on any atom is 0.271 e. The van der Waals surface area contributed by atoms with Crippen molar-refractivity contribution in [2.24, 2.45) is 0 Å². The Kier molecular flexibility index (Phi) is 7.58. The van der Waals surface area contributed by atoms with Gasteiger partial charge in [0.05, 0.1) is 28.8 Å². The van der Waals surface area contributed by atoms with Gasteiger partial charge in [0, 0.05) is 30.3 Å². The first-order valence-corrected chi connectivity index (χ1v) is 13.1. The zero-order valence-electron chi connectivity index (χ0n) is 17.4. The topological polar surface area (TPSA) is 87.7 Å². The Bertz CT molecular complexity index is 1240. The lowest BCUT2D eigenvalue weighted by atomic mass is 10.1. The minimum atomic E-state index is -3.91. The van der Waals surface area contributed by atoms with E-state index >= 15 is 0 Å². The molecule has 0 saturated carbocycles. The van der Waals surface area contributed by atoms with E-state index in [0.29, 0.717) is 15.0 Å². The van der Waals surface area contributed by atoms with E-state index in [1.165, 1.54) is 30.3 Å². The highest BCUT2D eigenvalue weighted by atomic mass is 35.5. The molecule has 1 aliphatic rings. The summed E-state index contributed by atoms with van der Waals surface area (Å²) in [5.41, 5.74) is 1.93. The highest BCUT2D eigenvalue weighted by Crippen LogP contribution is 2.29. The number of carbonyl (C=O) groups is 1. The monoisotopic (exact) mass is 525 g/mol. The number of thiophene rings is 1. The van der Waals surface area contributed by atoms with Gasteiger partial charge in [-0.1, -0.05) is 35.3 Å². The molecule has 0 unspecified atom stereocenters. The van der Waals surface area contributed by atoms with Gasteiger partial charge in [0.2, 0.25) is 0 Å². The van der Waals surface area contributed by atoms with Gasteiger partial charge < -0.3 is 10.1 Å². The van der Waals surface area contributed by atoms with Gasteiger partial charge in [-0.3, -0.25) is 14.4 Å². The minimum absolute atomic E-state index is 0.0460. The number of hydrogen-bond donors (Lipinski definition) is 2. The van der Waals surface area contributed by atoms with Crippen LogP contribution in [0.4, 0.5) is 11.4 Å². The van der Waals surface area contributed by atoms with E-state index in [1.807, 2.05) is 24.3 Å². The van der Waals surface area contributed by atoms with Gasteiger partial charge in [0.25, 0.3) is 15.9 Å². The first-order valence-electron chi connectivity index (χ1n) is 10.1. The zero-order valence-corrected chi connectivity index (χ0v) is 20.5. The number of sulfonamides is 1. The fourth-order valence-corrected chi connectivity index (χ4v) is 6.07. The van der Waals surface area contributed by atoms with Crippen LogP contribution in [0, 0.1) is 0 Å². The van der Waals surface area contributed by atoms with E-state index in [-0.39, 0.29) is 15.5 Å². The summed E-state index contributed by atoms with van der Waals surface area (Å²) in [7, 11) is -3.91.